The molecule has 83 heavy (non-hydrogen) atoms. The zero-order chi connectivity index (χ0) is 60.3. The first-order valence-corrected chi connectivity index (χ1v) is 31.5. The summed E-state index contributed by atoms with van der Waals surface area (Å²) in [6.45, 7) is 8.83. The smallest absolute Gasteiger partial charge is 0.333 e. The number of nitrogens with zero attached hydrogens (tertiary/aromatic N) is 3. The molecule has 0 bridgehead atoms. The second-order valence-corrected chi connectivity index (χ2v) is 25.2. The third kappa shape index (κ3) is 15.2. The molecular weight excluding hydrogens is 1160 g/mol. The van der Waals surface area contributed by atoms with Crippen molar-refractivity contribution in [3.8, 4) is 0 Å². The summed E-state index contributed by atoms with van der Waals surface area (Å²) in [7, 11) is -10.4. The standard InChI is InChI=1S/C56H67N3O20S4/c1-55(2)48(58(27-29-76-33-31-73-5)44-21-19-40-42(53(44)55)34-38(81(63,64)65)36-46(40)80-79-78-74-6)16-11-8-7-9-12-17-49-56(3,25-14-10-13-18-52(62)77-59-50(60)23-24-51(59)61)54-43-35-39(82(66,67)68)37-47(83(69,70)71)41(43)20-22-45(54)57(49)26-15-28-75-32-30-72-4/h7-9,11-12,16-17,19-22,34-37H,10,13-15,18,23-33H2,1-6H3,(H2-,63,64,65,66,67,68,69,70,71)/p+1. The molecule has 1 saturated heterocycles. The van der Waals surface area contributed by atoms with Gasteiger partial charge in [0.05, 0.1) is 60.8 Å². The first-order valence-electron chi connectivity index (χ1n) is 26.4. The molecule has 1 unspecified atom stereocenters. The number of rotatable bonds is 31. The van der Waals surface area contributed by atoms with Gasteiger partial charge in [-0.1, -0.05) is 54.3 Å². The molecule has 27 heteroatoms. The van der Waals surface area contributed by atoms with Crippen LogP contribution in [-0.4, -0.2) is 146 Å². The summed E-state index contributed by atoms with van der Waals surface area (Å²) in [6.07, 6.45) is 14.8. The Balaban J connectivity index is 1.26. The molecule has 3 aliphatic heterocycles. The molecule has 7 rings (SSSR count). The van der Waals surface area contributed by atoms with Crippen molar-refractivity contribution in [2.45, 2.75) is 103 Å². The van der Waals surface area contributed by atoms with E-state index in [0.717, 1.165) is 22.7 Å². The summed E-state index contributed by atoms with van der Waals surface area (Å²) >= 11 is 0.712. The van der Waals surface area contributed by atoms with Gasteiger partial charge in [-0.25, -0.2) is 9.68 Å². The van der Waals surface area contributed by atoms with Gasteiger partial charge < -0.3 is 28.7 Å². The van der Waals surface area contributed by atoms with Gasteiger partial charge in [0.25, 0.3) is 42.2 Å². The van der Waals surface area contributed by atoms with Gasteiger partial charge in [-0.05, 0) is 104 Å². The second-order valence-electron chi connectivity index (χ2n) is 20.3. The molecule has 2 amide bonds. The molecule has 3 N–H and O–H groups in total. The molecule has 3 aliphatic rings. The lowest BCUT2D eigenvalue weighted by Gasteiger charge is -2.31. The minimum atomic E-state index is -5.05. The van der Waals surface area contributed by atoms with Crippen molar-refractivity contribution in [3.63, 3.8) is 0 Å². The Hall–Kier alpha value is -5.76. The average Bonchev–Trinajstić information content (AvgIpc) is 2.34. The minimum Gasteiger partial charge on any atom is -0.382 e. The molecule has 4 aromatic carbocycles. The number of amides is 2. The molecule has 0 aliphatic carbocycles. The highest BCUT2D eigenvalue weighted by molar-refractivity contribution is 7.94. The van der Waals surface area contributed by atoms with Crippen molar-refractivity contribution >= 4 is 98.8 Å². The third-order valence-corrected chi connectivity index (χ3v) is 17.6. The number of carbonyl (C=O) groups excluding carboxylic acids is 3. The van der Waals surface area contributed by atoms with Crippen LogP contribution in [0.1, 0.15) is 83.3 Å². The summed E-state index contributed by atoms with van der Waals surface area (Å²) < 4.78 is 137. The second kappa shape index (κ2) is 28.0. The third-order valence-electron chi connectivity index (χ3n) is 14.4. The number of methoxy groups -OCH3 is 2. The van der Waals surface area contributed by atoms with Crippen molar-refractivity contribution in [2.75, 3.05) is 79.0 Å². The van der Waals surface area contributed by atoms with Crippen molar-refractivity contribution in [1.29, 1.82) is 0 Å². The number of fused-ring (bicyclic) bond motifs is 6. The summed E-state index contributed by atoms with van der Waals surface area (Å²) in [4.78, 5) is 47.1. The fourth-order valence-corrected chi connectivity index (χ4v) is 13.3. The van der Waals surface area contributed by atoms with Gasteiger partial charge in [0.1, 0.15) is 11.5 Å². The Morgan fingerprint density at radius 1 is 0.687 bits per heavy atom. The summed E-state index contributed by atoms with van der Waals surface area (Å²) in [5.41, 5.74) is 2.45. The van der Waals surface area contributed by atoms with Crippen LogP contribution in [0.25, 0.3) is 21.5 Å². The molecule has 450 valence electrons. The van der Waals surface area contributed by atoms with Gasteiger partial charge >= 0.3 is 5.97 Å². The van der Waals surface area contributed by atoms with Crippen molar-refractivity contribution in [2.24, 2.45) is 0 Å². The molecule has 0 radical (unpaired) electrons. The van der Waals surface area contributed by atoms with E-state index in [2.05, 4.69) is 14.5 Å². The number of anilines is 1. The number of hydrogen-bond donors (Lipinski definition) is 3. The maximum absolute atomic E-state index is 12.9. The van der Waals surface area contributed by atoms with Crippen molar-refractivity contribution in [1.82, 2.24) is 5.06 Å². The SMILES string of the molecule is COCCOCCCN1/C(=C/C=C/C=C/C=C/C2=[N+](CCOCCOC)c3ccc4c(SOOOC)cc(S(=O)(=O)O)cc4c3C2(C)C)C(C)(CCCCCC(=O)ON2C(=O)CCC2=O)c2c1ccc1c(S(=O)(=O)O)cc(S(=O)(=O)O)cc21. The summed E-state index contributed by atoms with van der Waals surface area (Å²) in [5, 5.41) is 6.43. The summed E-state index contributed by atoms with van der Waals surface area (Å²) in [5.74, 6) is -1.95. The highest BCUT2D eigenvalue weighted by atomic mass is 32.2. The quantitative estimate of drug-likeness (QED) is 0.00624. The highest BCUT2D eigenvalue weighted by Crippen LogP contribution is 2.54. The van der Waals surface area contributed by atoms with E-state index in [-0.39, 0.29) is 34.9 Å². The lowest BCUT2D eigenvalue weighted by molar-refractivity contribution is -0.447. The largest absolute Gasteiger partial charge is 0.382 e. The molecular formula is C56H68N3O20S4+. The van der Waals surface area contributed by atoms with Crippen LogP contribution >= 0.6 is 12.0 Å². The van der Waals surface area contributed by atoms with Gasteiger partial charge in [0, 0.05) is 91.4 Å². The number of carbonyl (C=O) groups is 3. The van der Waals surface area contributed by atoms with E-state index in [1.807, 2.05) is 74.3 Å². The van der Waals surface area contributed by atoms with E-state index in [0.29, 0.717) is 135 Å². The molecule has 0 spiro atoms. The van der Waals surface area contributed by atoms with Crippen LogP contribution in [0.4, 0.5) is 11.4 Å². The Morgan fingerprint density at radius 3 is 1.96 bits per heavy atom. The Kier molecular flexibility index (Phi) is 21.8. The maximum atomic E-state index is 12.9. The van der Waals surface area contributed by atoms with Gasteiger partial charge in [0.15, 0.2) is 12.3 Å². The van der Waals surface area contributed by atoms with Gasteiger partial charge in [-0.3, -0.25) is 23.2 Å². The van der Waals surface area contributed by atoms with Gasteiger partial charge in [-0.15, -0.1) is 9.40 Å². The van der Waals surface area contributed by atoms with Crippen LogP contribution in [-0.2, 0) is 93.6 Å². The molecule has 23 nitrogen and oxygen atoms in total. The van der Waals surface area contributed by atoms with Crippen LogP contribution in [0.3, 0.4) is 0 Å². The molecule has 1 fully saturated rings. The predicted octanol–water partition coefficient (Wildman–Crippen LogP) is 8.23. The molecule has 3 heterocycles. The number of benzene rings is 4. The number of hydroxylamine groups is 2. The first kappa shape index (κ1) is 64.8. The van der Waals surface area contributed by atoms with Crippen molar-refractivity contribution in [3.05, 3.63) is 108 Å². The number of imide groups is 1. The normalized spacial score (nSPS) is 18.0. The Bertz CT molecular complexity index is 3600. The van der Waals surface area contributed by atoms with Crippen LogP contribution < -0.4 is 4.90 Å². The fraction of sp³-hybridized carbons (Fsp3) is 0.429. The van der Waals surface area contributed by atoms with E-state index in [1.54, 1.807) is 26.4 Å². The van der Waals surface area contributed by atoms with Crippen LogP contribution in [0.5, 0.6) is 0 Å². The predicted molar refractivity (Wildman–Crippen MR) is 306 cm³/mol. The van der Waals surface area contributed by atoms with Crippen LogP contribution in [0, 0.1) is 0 Å². The lowest BCUT2D eigenvalue weighted by Crippen LogP contribution is -2.32. The summed E-state index contributed by atoms with van der Waals surface area (Å²) in [6, 6.07) is 11.5. The number of allylic oxidation sites excluding steroid dienone is 8. The minimum absolute atomic E-state index is 0.0130. The van der Waals surface area contributed by atoms with E-state index in [9.17, 15) is 53.3 Å². The van der Waals surface area contributed by atoms with E-state index in [1.165, 1.54) is 31.4 Å². The van der Waals surface area contributed by atoms with E-state index < -0.39 is 68.8 Å². The molecule has 0 saturated carbocycles. The molecule has 4 aromatic rings. The Labute approximate surface area is 486 Å². The van der Waals surface area contributed by atoms with Gasteiger partial charge in [-0.2, -0.15) is 29.8 Å². The number of unbranched alkanes of at least 4 members (excludes halogenated alkanes) is 2. The first-order chi connectivity index (χ1) is 39.4. The van der Waals surface area contributed by atoms with Crippen molar-refractivity contribution < 1.29 is 95.9 Å². The zero-order valence-electron chi connectivity index (χ0n) is 46.7. The number of hydrogen-bond acceptors (Lipinski definition) is 19. The Morgan fingerprint density at radius 2 is 1.31 bits per heavy atom. The van der Waals surface area contributed by atoms with E-state index in [4.69, 9.17) is 28.1 Å². The van der Waals surface area contributed by atoms with Gasteiger partial charge in [0.2, 0.25) is 5.69 Å². The zero-order valence-corrected chi connectivity index (χ0v) is 50.0. The topological polar surface area (TPSA) is 298 Å². The monoisotopic (exact) mass is 1230 g/mol. The highest BCUT2D eigenvalue weighted by Gasteiger charge is 2.47. The van der Waals surface area contributed by atoms with E-state index >= 15 is 0 Å². The molecule has 1 atom stereocenters. The van der Waals surface area contributed by atoms with Crippen LogP contribution in [0.2, 0.25) is 0 Å². The number of ether oxygens (including phenoxy) is 4. The maximum Gasteiger partial charge on any atom is 0.333 e. The lowest BCUT2D eigenvalue weighted by atomic mass is 9.75. The average molecular weight is 1230 g/mol. The van der Waals surface area contributed by atoms with Crippen LogP contribution in [0.15, 0.2) is 116 Å². The molecule has 0 aromatic heterocycles. The fourth-order valence-electron chi connectivity index (χ4n) is 10.7.